The minimum absolute atomic E-state index is 0.484. The summed E-state index contributed by atoms with van der Waals surface area (Å²) in [6.07, 6.45) is 9.01. The molecule has 1 aliphatic rings. The van der Waals surface area contributed by atoms with Crippen molar-refractivity contribution >= 4 is 5.90 Å². The summed E-state index contributed by atoms with van der Waals surface area (Å²) >= 11 is 0. The molecule has 0 aromatic heterocycles. The number of methoxy groups -OCH3 is 2. The van der Waals surface area contributed by atoms with Gasteiger partial charge in [-0.2, -0.15) is 0 Å². The van der Waals surface area contributed by atoms with E-state index in [9.17, 15) is 0 Å². The molecule has 0 radical (unpaired) electrons. The summed E-state index contributed by atoms with van der Waals surface area (Å²) in [5.41, 5.74) is 0. The number of hydrogen-bond donors (Lipinski definition) is 0. The maximum atomic E-state index is 5.05. The van der Waals surface area contributed by atoms with Gasteiger partial charge in [0.2, 0.25) is 0 Å². The smallest absolute Gasteiger partial charge is 0.256 e. The Kier molecular flexibility index (Phi) is 3.14. The molecule has 0 saturated carbocycles. The van der Waals surface area contributed by atoms with Crippen LogP contribution in [0.15, 0.2) is 41.3 Å². The number of hydrogen-bond acceptors (Lipinski definition) is 3. The largest absolute Gasteiger partial charge is 0.491 e. The molecule has 1 rings (SSSR count). The topological polar surface area (TPSA) is 30.8 Å². The van der Waals surface area contributed by atoms with Crippen LogP contribution in [-0.4, -0.2) is 20.1 Å². The van der Waals surface area contributed by atoms with Gasteiger partial charge in [-0.1, -0.05) is 12.2 Å². The number of rotatable bonds is 1. The quantitative estimate of drug-likeness (QED) is 0.591. The average molecular weight is 165 g/mol. The Morgan fingerprint density at radius 3 is 2.58 bits per heavy atom. The zero-order chi connectivity index (χ0) is 8.81. The third-order valence-electron chi connectivity index (χ3n) is 1.37. The second kappa shape index (κ2) is 4.38. The third-order valence-corrected chi connectivity index (χ3v) is 1.37. The first-order chi connectivity index (χ1) is 5.88. The van der Waals surface area contributed by atoms with Crippen LogP contribution in [0, 0.1) is 0 Å². The third kappa shape index (κ3) is 1.99. The SMILES string of the molecule is COC1=C/C=C\C=C/N=C1OC. The molecule has 0 spiro atoms. The van der Waals surface area contributed by atoms with Crippen LogP contribution in [0.4, 0.5) is 0 Å². The summed E-state index contributed by atoms with van der Waals surface area (Å²) in [6, 6.07) is 0. The van der Waals surface area contributed by atoms with E-state index in [0.717, 1.165) is 0 Å². The van der Waals surface area contributed by atoms with Gasteiger partial charge < -0.3 is 9.47 Å². The molecule has 0 N–H and O–H groups in total. The van der Waals surface area contributed by atoms with E-state index in [4.69, 9.17) is 9.47 Å². The van der Waals surface area contributed by atoms with E-state index in [1.807, 2.05) is 18.2 Å². The monoisotopic (exact) mass is 165 g/mol. The summed E-state index contributed by atoms with van der Waals surface area (Å²) in [7, 11) is 3.14. The lowest BCUT2D eigenvalue weighted by Crippen LogP contribution is -2.06. The molecule has 3 heteroatoms. The van der Waals surface area contributed by atoms with Crippen molar-refractivity contribution in [1.29, 1.82) is 0 Å². The highest BCUT2D eigenvalue weighted by Crippen LogP contribution is 2.03. The van der Waals surface area contributed by atoms with Crippen LogP contribution in [0.3, 0.4) is 0 Å². The van der Waals surface area contributed by atoms with Crippen LogP contribution in [0.5, 0.6) is 0 Å². The van der Waals surface area contributed by atoms with Crippen molar-refractivity contribution in [2.45, 2.75) is 0 Å². The van der Waals surface area contributed by atoms with Gasteiger partial charge in [-0.25, -0.2) is 4.99 Å². The van der Waals surface area contributed by atoms with Gasteiger partial charge in [0.15, 0.2) is 5.76 Å². The Balaban J connectivity index is 2.91. The molecule has 0 fully saturated rings. The van der Waals surface area contributed by atoms with E-state index in [-0.39, 0.29) is 0 Å². The summed E-state index contributed by atoms with van der Waals surface area (Å²) in [5, 5.41) is 0. The number of nitrogens with zero attached hydrogens (tertiary/aromatic N) is 1. The highest BCUT2D eigenvalue weighted by Gasteiger charge is 2.05. The summed E-state index contributed by atoms with van der Waals surface area (Å²) in [5.74, 6) is 1.11. The van der Waals surface area contributed by atoms with Gasteiger partial charge in [0.05, 0.1) is 14.2 Å². The van der Waals surface area contributed by atoms with Crippen LogP contribution in [0.25, 0.3) is 0 Å². The fraction of sp³-hybridized carbons (Fsp3) is 0.222. The van der Waals surface area contributed by atoms with Gasteiger partial charge in [0.25, 0.3) is 5.90 Å². The molecule has 0 saturated heterocycles. The lowest BCUT2D eigenvalue weighted by atomic mass is 10.3. The first-order valence-electron chi connectivity index (χ1n) is 3.58. The van der Waals surface area contributed by atoms with Gasteiger partial charge in [0.1, 0.15) is 0 Å². The lowest BCUT2D eigenvalue weighted by Gasteiger charge is -2.06. The zero-order valence-electron chi connectivity index (χ0n) is 7.15. The van der Waals surface area contributed by atoms with E-state index >= 15 is 0 Å². The fourth-order valence-electron chi connectivity index (χ4n) is 0.811. The van der Waals surface area contributed by atoms with Gasteiger partial charge in [-0.3, -0.25) is 0 Å². The maximum absolute atomic E-state index is 5.05. The summed E-state index contributed by atoms with van der Waals surface area (Å²) in [6.45, 7) is 0. The van der Waals surface area contributed by atoms with Crippen LogP contribution < -0.4 is 0 Å². The van der Waals surface area contributed by atoms with E-state index in [2.05, 4.69) is 4.99 Å². The van der Waals surface area contributed by atoms with Gasteiger partial charge in [-0.05, 0) is 12.2 Å². The normalized spacial score (nSPS) is 21.2. The molecule has 64 valence electrons. The van der Waals surface area contributed by atoms with Gasteiger partial charge >= 0.3 is 0 Å². The standard InChI is InChI=1S/C9H11NO2/c1-11-8-6-4-3-5-7-10-9(8)12-2/h3-7H,1-2H3/b4-3-,5-3?,6-4?,7-5-,8-6?,9-8?,10-7?,10-9?. The zero-order valence-corrected chi connectivity index (χ0v) is 7.15. The van der Waals surface area contributed by atoms with Crippen LogP contribution >= 0.6 is 0 Å². The molecule has 0 aliphatic carbocycles. The first-order valence-corrected chi connectivity index (χ1v) is 3.58. The van der Waals surface area contributed by atoms with Gasteiger partial charge in [-0.15, -0.1) is 0 Å². The molecule has 0 unspecified atom stereocenters. The fourth-order valence-corrected chi connectivity index (χ4v) is 0.811. The van der Waals surface area contributed by atoms with E-state index < -0.39 is 0 Å². The van der Waals surface area contributed by atoms with Crippen molar-refractivity contribution in [1.82, 2.24) is 0 Å². The van der Waals surface area contributed by atoms with Crippen molar-refractivity contribution in [2.24, 2.45) is 4.99 Å². The van der Waals surface area contributed by atoms with Crippen molar-refractivity contribution < 1.29 is 9.47 Å². The summed E-state index contributed by atoms with van der Waals surface area (Å²) in [4.78, 5) is 4.02. The first kappa shape index (κ1) is 8.59. The molecule has 0 aromatic carbocycles. The molecule has 1 aliphatic heterocycles. The lowest BCUT2D eigenvalue weighted by molar-refractivity contribution is 0.285. The minimum Gasteiger partial charge on any atom is -0.491 e. The summed E-state index contributed by atoms with van der Waals surface area (Å²) < 4.78 is 10.1. The highest BCUT2D eigenvalue weighted by molar-refractivity contribution is 5.92. The number of ether oxygens (including phenoxy) is 2. The van der Waals surface area contributed by atoms with E-state index in [1.165, 1.54) is 0 Å². The molecule has 12 heavy (non-hydrogen) atoms. The van der Waals surface area contributed by atoms with Crippen LogP contribution in [0.1, 0.15) is 0 Å². The molecule has 0 atom stereocenters. The van der Waals surface area contributed by atoms with Crippen molar-refractivity contribution in [3.05, 3.63) is 36.3 Å². The van der Waals surface area contributed by atoms with Crippen molar-refractivity contribution in [3.8, 4) is 0 Å². The molecule has 1 heterocycles. The van der Waals surface area contributed by atoms with E-state index in [0.29, 0.717) is 11.7 Å². The van der Waals surface area contributed by atoms with Crippen LogP contribution in [-0.2, 0) is 9.47 Å². The predicted octanol–water partition coefficient (Wildman–Crippen LogP) is 1.65. The molecule has 0 aromatic rings. The minimum atomic E-state index is 0.484. The predicted molar refractivity (Wildman–Crippen MR) is 47.8 cm³/mol. The van der Waals surface area contributed by atoms with Crippen molar-refractivity contribution in [3.63, 3.8) is 0 Å². The van der Waals surface area contributed by atoms with E-state index in [1.54, 1.807) is 26.5 Å². The molecule has 0 amide bonds. The van der Waals surface area contributed by atoms with Crippen molar-refractivity contribution in [2.75, 3.05) is 14.2 Å². The Bertz CT molecular complexity index is 234. The Hall–Kier alpha value is -1.51. The van der Waals surface area contributed by atoms with Gasteiger partial charge in [0, 0.05) is 6.20 Å². The average Bonchev–Trinajstić information content (AvgIpc) is 2.05. The Labute approximate surface area is 71.7 Å². The molecule has 3 nitrogen and oxygen atoms in total. The number of allylic oxidation sites excluding steroid dienone is 4. The molecule has 0 bridgehead atoms. The highest BCUT2D eigenvalue weighted by atomic mass is 16.5. The molecular weight excluding hydrogens is 154 g/mol. The second-order valence-corrected chi connectivity index (χ2v) is 2.10. The second-order valence-electron chi connectivity index (χ2n) is 2.10. The number of aliphatic imine (C=N–C) groups is 1. The maximum Gasteiger partial charge on any atom is 0.256 e. The Morgan fingerprint density at radius 1 is 1.08 bits per heavy atom. The Morgan fingerprint density at radius 2 is 1.92 bits per heavy atom. The molecular formula is C9H11NO2. The van der Waals surface area contributed by atoms with Crippen LogP contribution in [0.2, 0.25) is 0 Å².